The van der Waals surface area contributed by atoms with Crippen LogP contribution < -0.4 is 5.32 Å². The zero-order valence-corrected chi connectivity index (χ0v) is 12.2. The minimum absolute atomic E-state index is 0.158. The average Bonchev–Trinajstić information content (AvgIpc) is 2.42. The smallest absolute Gasteiger partial charge is 0.241 e. The Kier molecular flexibility index (Phi) is 6.97. The van der Waals surface area contributed by atoms with E-state index >= 15 is 0 Å². The molecule has 0 aliphatic heterocycles. The topological polar surface area (TPSA) is 35.6 Å². The van der Waals surface area contributed by atoms with Gasteiger partial charge in [-0.1, -0.05) is 18.2 Å². The fourth-order valence-corrected chi connectivity index (χ4v) is 1.88. The molecule has 0 aliphatic rings. The van der Waals surface area contributed by atoms with Crippen molar-refractivity contribution in [3.05, 3.63) is 30.3 Å². The second-order valence-corrected chi connectivity index (χ2v) is 4.85. The Morgan fingerprint density at radius 1 is 1.16 bits per heavy atom. The molecule has 4 nitrogen and oxygen atoms in total. The standard InChI is InChI=1S/C15H25N3O/c1-4-18(12-8-11-17(2)3)15(19)13-16-14-9-6-5-7-10-14/h5-7,9-10,16H,4,8,11-13H2,1-3H3. The molecule has 0 spiro atoms. The lowest BCUT2D eigenvalue weighted by Crippen LogP contribution is -2.37. The summed E-state index contributed by atoms with van der Waals surface area (Å²) in [4.78, 5) is 16.1. The maximum Gasteiger partial charge on any atom is 0.241 e. The fraction of sp³-hybridized carbons (Fsp3) is 0.533. The van der Waals surface area contributed by atoms with Gasteiger partial charge in [0.2, 0.25) is 5.91 Å². The van der Waals surface area contributed by atoms with Gasteiger partial charge in [-0.3, -0.25) is 4.79 Å². The highest BCUT2D eigenvalue weighted by atomic mass is 16.2. The molecule has 0 saturated carbocycles. The van der Waals surface area contributed by atoms with Crippen LogP contribution in [0.25, 0.3) is 0 Å². The normalized spacial score (nSPS) is 10.5. The number of amides is 1. The van der Waals surface area contributed by atoms with Crippen molar-refractivity contribution in [3.8, 4) is 0 Å². The minimum atomic E-state index is 0.158. The van der Waals surface area contributed by atoms with Gasteiger partial charge in [0.15, 0.2) is 0 Å². The predicted molar refractivity (Wildman–Crippen MR) is 80.4 cm³/mol. The van der Waals surface area contributed by atoms with E-state index in [1.165, 1.54) is 0 Å². The molecule has 0 unspecified atom stereocenters. The first kappa shape index (κ1) is 15.5. The van der Waals surface area contributed by atoms with Crippen LogP contribution in [0.1, 0.15) is 13.3 Å². The van der Waals surface area contributed by atoms with Gasteiger partial charge in [-0.25, -0.2) is 0 Å². The van der Waals surface area contributed by atoms with Crippen LogP contribution in [0.3, 0.4) is 0 Å². The number of nitrogens with zero attached hydrogens (tertiary/aromatic N) is 2. The molecule has 0 fully saturated rings. The number of anilines is 1. The summed E-state index contributed by atoms with van der Waals surface area (Å²) in [6.07, 6.45) is 1.01. The van der Waals surface area contributed by atoms with Crippen molar-refractivity contribution >= 4 is 11.6 Å². The molecule has 4 heteroatoms. The molecular weight excluding hydrogens is 238 g/mol. The van der Waals surface area contributed by atoms with E-state index in [1.807, 2.05) is 42.2 Å². The van der Waals surface area contributed by atoms with Crippen LogP contribution in [0.4, 0.5) is 5.69 Å². The molecule has 1 amide bonds. The van der Waals surface area contributed by atoms with E-state index in [4.69, 9.17) is 0 Å². The van der Waals surface area contributed by atoms with Gasteiger partial charge in [-0.05, 0) is 46.1 Å². The Bertz CT molecular complexity index is 365. The van der Waals surface area contributed by atoms with Gasteiger partial charge in [-0.15, -0.1) is 0 Å². The molecule has 0 aliphatic carbocycles. The van der Waals surface area contributed by atoms with Gasteiger partial charge < -0.3 is 15.1 Å². The van der Waals surface area contributed by atoms with E-state index in [9.17, 15) is 4.79 Å². The Morgan fingerprint density at radius 3 is 2.42 bits per heavy atom. The third kappa shape index (κ3) is 6.25. The Labute approximate surface area is 116 Å². The first-order valence-electron chi connectivity index (χ1n) is 6.85. The summed E-state index contributed by atoms with van der Waals surface area (Å²) in [6.45, 7) is 4.98. The molecule has 1 N–H and O–H groups in total. The molecule has 19 heavy (non-hydrogen) atoms. The Hall–Kier alpha value is -1.55. The molecule has 106 valence electrons. The van der Waals surface area contributed by atoms with Gasteiger partial charge in [-0.2, -0.15) is 0 Å². The van der Waals surface area contributed by atoms with Crippen molar-refractivity contribution < 1.29 is 4.79 Å². The number of carbonyl (C=O) groups excluding carboxylic acids is 1. The molecule has 0 saturated heterocycles. The molecular formula is C15H25N3O. The first-order chi connectivity index (χ1) is 9.13. The van der Waals surface area contributed by atoms with Crippen molar-refractivity contribution in [1.82, 2.24) is 9.80 Å². The van der Waals surface area contributed by atoms with Crippen molar-refractivity contribution in [2.24, 2.45) is 0 Å². The number of hydrogen-bond donors (Lipinski definition) is 1. The summed E-state index contributed by atoms with van der Waals surface area (Å²) in [6, 6.07) is 9.82. The SMILES string of the molecule is CCN(CCCN(C)C)C(=O)CNc1ccccc1. The van der Waals surface area contributed by atoms with Crippen LogP contribution in [-0.2, 0) is 4.79 Å². The highest BCUT2D eigenvalue weighted by Gasteiger charge is 2.10. The maximum atomic E-state index is 12.1. The molecule has 0 bridgehead atoms. The summed E-state index contributed by atoms with van der Waals surface area (Å²) >= 11 is 0. The molecule has 1 aromatic carbocycles. The maximum absolute atomic E-state index is 12.1. The van der Waals surface area contributed by atoms with E-state index in [-0.39, 0.29) is 5.91 Å². The highest BCUT2D eigenvalue weighted by Crippen LogP contribution is 2.04. The Morgan fingerprint density at radius 2 is 1.84 bits per heavy atom. The van der Waals surface area contributed by atoms with E-state index < -0.39 is 0 Å². The van der Waals surface area contributed by atoms with E-state index in [0.29, 0.717) is 6.54 Å². The first-order valence-corrected chi connectivity index (χ1v) is 6.85. The zero-order valence-electron chi connectivity index (χ0n) is 12.2. The van der Waals surface area contributed by atoms with Crippen molar-refractivity contribution in [2.45, 2.75) is 13.3 Å². The molecule has 0 radical (unpaired) electrons. The van der Waals surface area contributed by atoms with Crippen molar-refractivity contribution in [2.75, 3.05) is 45.6 Å². The lowest BCUT2D eigenvalue weighted by Gasteiger charge is -2.22. The van der Waals surface area contributed by atoms with Gasteiger partial charge in [0, 0.05) is 18.8 Å². The third-order valence-electron chi connectivity index (χ3n) is 2.99. The number of carbonyl (C=O) groups is 1. The fourth-order valence-electron chi connectivity index (χ4n) is 1.88. The van der Waals surface area contributed by atoms with E-state index in [1.54, 1.807) is 0 Å². The second-order valence-electron chi connectivity index (χ2n) is 4.85. The number of hydrogen-bond acceptors (Lipinski definition) is 3. The number of likely N-dealkylation sites (N-methyl/N-ethyl adjacent to an activating group) is 1. The molecule has 0 atom stereocenters. The van der Waals surface area contributed by atoms with Crippen LogP contribution in [0.15, 0.2) is 30.3 Å². The summed E-state index contributed by atoms with van der Waals surface area (Å²) in [5, 5.41) is 3.16. The van der Waals surface area contributed by atoms with Crippen LogP contribution >= 0.6 is 0 Å². The van der Waals surface area contributed by atoms with Gasteiger partial charge in [0.25, 0.3) is 0 Å². The van der Waals surface area contributed by atoms with Crippen LogP contribution in [0, 0.1) is 0 Å². The summed E-state index contributed by atoms with van der Waals surface area (Å²) in [7, 11) is 4.10. The van der Waals surface area contributed by atoms with Crippen LogP contribution in [0.2, 0.25) is 0 Å². The van der Waals surface area contributed by atoms with Crippen molar-refractivity contribution in [1.29, 1.82) is 0 Å². The monoisotopic (exact) mass is 263 g/mol. The van der Waals surface area contributed by atoms with Crippen LogP contribution in [0.5, 0.6) is 0 Å². The van der Waals surface area contributed by atoms with Gasteiger partial charge in [0.05, 0.1) is 6.54 Å². The number of rotatable bonds is 8. The summed E-state index contributed by atoms with van der Waals surface area (Å²) in [5.41, 5.74) is 0.986. The lowest BCUT2D eigenvalue weighted by atomic mass is 10.3. The largest absolute Gasteiger partial charge is 0.376 e. The Balaban J connectivity index is 2.33. The summed E-state index contributed by atoms with van der Waals surface area (Å²) < 4.78 is 0. The van der Waals surface area contributed by atoms with Gasteiger partial charge >= 0.3 is 0 Å². The third-order valence-corrected chi connectivity index (χ3v) is 2.99. The molecule has 1 rings (SSSR count). The molecule has 1 aromatic rings. The molecule has 0 heterocycles. The second kappa shape index (κ2) is 8.53. The van der Waals surface area contributed by atoms with Crippen LogP contribution in [-0.4, -0.2) is 56.0 Å². The van der Waals surface area contributed by atoms with E-state index in [0.717, 1.165) is 31.7 Å². The molecule has 0 aromatic heterocycles. The number of para-hydroxylation sites is 1. The number of nitrogens with one attached hydrogen (secondary N) is 1. The predicted octanol–water partition coefficient (Wildman–Crippen LogP) is 1.90. The minimum Gasteiger partial charge on any atom is -0.376 e. The highest BCUT2D eigenvalue weighted by molar-refractivity contribution is 5.80. The quantitative estimate of drug-likeness (QED) is 0.778. The number of benzene rings is 1. The lowest BCUT2D eigenvalue weighted by molar-refractivity contribution is -0.129. The van der Waals surface area contributed by atoms with Crippen molar-refractivity contribution in [3.63, 3.8) is 0 Å². The van der Waals surface area contributed by atoms with E-state index in [2.05, 4.69) is 24.3 Å². The average molecular weight is 263 g/mol. The van der Waals surface area contributed by atoms with Gasteiger partial charge in [0.1, 0.15) is 0 Å². The zero-order chi connectivity index (χ0) is 14.1. The summed E-state index contributed by atoms with van der Waals surface area (Å²) in [5.74, 6) is 0.158.